The van der Waals surface area contributed by atoms with E-state index in [1.54, 1.807) is 18.7 Å². The zero-order valence-corrected chi connectivity index (χ0v) is 16.4. The number of aromatic nitrogens is 5. The fourth-order valence-electron chi connectivity index (χ4n) is 3.75. The first-order valence-electron chi connectivity index (χ1n) is 9.53. The second kappa shape index (κ2) is 7.46. The molecular weight excluding hydrogens is 354 g/mol. The lowest BCUT2D eigenvalue weighted by molar-refractivity contribution is 0.178. The van der Waals surface area contributed by atoms with Crippen LogP contribution in [0.3, 0.4) is 0 Å². The normalized spacial score (nSPS) is 16.1. The van der Waals surface area contributed by atoms with Gasteiger partial charge in [0.2, 0.25) is 0 Å². The van der Waals surface area contributed by atoms with E-state index in [4.69, 9.17) is 0 Å². The van der Waals surface area contributed by atoms with Crippen molar-refractivity contribution < 1.29 is 4.79 Å². The number of aromatic amines is 1. The minimum Gasteiger partial charge on any atom is -0.348 e. The van der Waals surface area contributed by atoms with E-state index in [1.807, 2.05) is 28.6 Å². The molecule has 0 aliphatic carbocycles. The van der Waals surface area contributed by atoms with Crippen molar-refractivity contribution in [2.24, 2.45) is 0 Å². The van der Waals surface area contributed by atoms with Crippen molar-refractivity contribution in [3.63, 3.8) is 0 Å². The number of aryl methyl sites for hydroxylation is 1. The highest BCUT2D eigenvalue weighted by atomic mass is 16.2. The predicted molar refractivity (Wildman–Crippen MR) is 105 cm³/mol. The average Bonchev–Trinajstić information content (AvgIpc) is 3.28. The molecule has 2 amide bonds. The Morgan fingerprint density at radius 1 is 1.29 bits per heavy atom. The summed E-state index contributed by atoms with van der Waals surface area (Å²) in [6.45, 7) is 7.93. The second-order valence-corrected chi connectivity index (χ2v) is 7.14. The SMILES string of the molecule is Cc1nn(CCNC(=O)N2CCc3[nH]cnc3[C@H]2c2ccncc2)c(C)c1C. The molecule has 0 fully saturated rings. The zero-order valence-electron chi connectivity index (χ0n) is 16.4. The van der Waals surface area contributed by atoms with Gasteiger partial charge in [-0.05, 0) is 44.0 Å². The van der Waals surface area contributed by atoms with Crippen LogP contribution in [0.15, 0.2) is 30.9 Å². The highest BCUT2D eigenvalue weighted by Gasteiger charge is 2.33. The molecule has 3 aromatic rings. The van der Waals surface area contributed by atoms with Crippen LogP contribution in [-0.4, -0.2) is 48.8 Å². The van der Waals surface area contributed by atoms with Crippen molar-refractivity contribution in [3.8, 4) is 0 Å². The lowest BCUT2D eigenvalue weighted by Crippen LogP contribution is -2.46. The molecule has 28 heavy (non-hydrogen) atoms. The summed E-state index contributed by atoms with van der Waals surface area (Å²) in [6, 6.07) is 3.57. The maximum atomic E-state index is 13.0. The number of urea groups is 1. The summed E-state index contributed by atoms with van der Waals surface area (Å²) >= 11 is 0. The molecule has 1 aliphatic heterocycles. The third-order valence-corrected chi connectivity index (χ3v) is 5.55. The Kier molecular flexibility index (Phi) is 4.85. The summed E-state index contributed by atoms with van der Waals surface area (Å²) in [5.74, 6) is 0. The van der Waals surface area contributed by atoms with Crippen LogP contribution >= 0.6 is 0 Å². The quantitative estimate of drug-likeness (QED) is 0.727. The Morgan fingerprint density at radius 2 is 2.07 bits per heavy atom. The molecule has 0 saturated heterocycles. The van der Waals surface area contributed by atoms with Crippen LogP contribution < -0.4 is 5.32 Å². The van der Waals surface area contributed by atoms with E-state index in [-0.39, 0.29) is 12.1 Å². The third kappa shape index (κ3) is 3.26. The van der Waals surface area contributed by atoms with Crippen LogP contribution in [0, 0.1) is 20.8 Å². The second-order valence-electron chi connectivity index (χ2n) is 7.14. The standard InChI is InChI=1S/C20H25N7O/c1-13-14(2)25-27(15(13)3)11-9-22-20(28)26-10-6-17-18(24-12-23-17)19(26)16-4-7-21-8-5-16/h4-5,7-8,12,19H,6,9-11H2,1-3H3,(H,22,28)(H,23,24)/t19-/m1/s1. The summed E-state index contributed by atoms with van der Waals surface area (Å²) in [5, 5.41) is 7.59. The Hall–Kier alpha value is -3.16. The Labute approximate surface area is 164 Å². The maximum absolute atomic E-state index is 13.0. The van der Waals surface area contributed by atoms with E-state index in [1.165, 1.54) is 5.56 Å². The molecule has 3 aromatic heterocycles. The van der Waals surface area contributed by atoms with Crippen LogP contribution in [0.5, 0.6) is 0 Å². The first-order chi connectivity index (χ1) is 13.6. The number of nitrogens with one attached hydrogen (secondary N) is 2. The van der Waals surface area contributed by atoms with E-state index in [0.717, 1.165) is 34.8 Å². The number of fused-ring (bicyclic) bond motifs is 1. The summed E-state index contributed by atoms with van der Waals surface area (Å²) in [6.07, 6.45) is 5.96. The molecule has 0 saturated carbocycles. The maximum Gasteiger partial charge on any atom is 0.318 e. The minimum atomic E-state index is -0.214. The summed E-state index contributed by atoms with van der Waals surface area (Å²) in [7, 11) is 0. The van der Waals surface area contributed by atoms with Crippen LogP contribution in [0.2, 0.25) is 0 Å². The largest absolute Gasteiger partial charge is 0.348 e. The van der Waals surface area contributed by atoms with E-state index >= 15 is 0 Å². The van der Waals surface area contributed by atoms with Crippen molar-refractivity contribution in [2.75, 3.05) is 13.1 Å². The number of rotatable bonds is 4. The molecule has 0 radical (unpaired) electrons. The highest BCUT2D eigenvalue weighted by molar-refractivity contribution is 5.75. The van der Waals surface area contributed by atoms with Crippen molar-refractivity contribution in [1.82, 2.24) is 34.9 Å². The van der Waals surface area contributed by atoms with Crippen LogP contribution in [0.1, 0.15) is 39.9 Å². The molecule has 1 aliphatic rings. The van der Waals surface area contributed by atoms with Gasteiger partial charge < -0.3 is 15.2 Å². The van der Waals surface area contributed by atoms with Gasteiger partial charge in [0.1, 0.15) is 6.04 Å². The topological polar surface area (TPSA) is 91.7 Å². The van der Waals surface area contributed by atoms with E-state index < -0.39 is 0 Å². The molecule has 4 heterocycles. The van der Waals surface area contributed by atoms with Crippen molar-refractivity contribution in [1.29, 1.82) is 0 Å². The molecular formula is C20H25N7O. The molecule has 4 rings (SSSR count). The number of imidazole rings is 1. The minimum absolute atomic E-state index is 0.0892. The van der Waals surface area contributed by atoms with Crippen LogP contribution in [0.4, 0.5) is 4.79 Å². The Bertz CT molecular complexity index is 976. The lowest BCUT2D eigenvalue weighted by atomic mass is 9.97. The Balaban J connectivity index is 1.49. The third-order valence-electron chi connectivity index (χ3n) is 5.55. The number of amides is 2. The van der Waals surface area contributed by atoms with Gasteiger partial charge in [0.15, 0.2) is 0 Å². The number of H-pyrrole nitrogens is 1. The van der Waals surface area contributed by atoms with Gasteiger partial charge in [-0.3, -0.25) is 9.67 Å². The molecule has 146 valence electrons. The van der Waals surface area contributed by atoms with Gasteiger partial charge in [0.05, 0.1) is 24.3 Å². The fourth-order valence-corrected chi connectivity index (χ4v) is 3.75. The first-order valence-corrected chi connectivity index (χ1v) is 9.53. The van der Waals surface area contributed by atoms with Gasteiger partial charge in [-0.25, -0.2) is 9.78 Å². The number of carbonyl (C=O) groups is 1. The number of hydrogen-bond donors (Lipinski definition) is 2. The van der Waals surface area contributed by atoms with Gasteiger partial charge in [0, 0.05) is 43.3 Å². The zero-order chi connectivity index (χ0) is 19.7. The van der Waals surface area contributed by atoms with Crippen LogP contribution in [-0.2, 0) is 13.0 Å². The molecule has 2 N–H and O–H groups in total. The molecule has 0 bridgehead atoms. The first kappa shape index (κ1) is 18.2. The smallest absolute Gasteiger partial charge is 0.318 e. The van der Waals surface area contributed by atoms with Crippen molar-refractivity contribution in [3.05, 3.63) is 64.8 Å². The van der Waals surface area contributed by atoms with Crippen molar-refractivity contribution in [2.45, 2.75) is 39.8 Å². The van der Waals surface area contributed by atoms with E-state index in [0.29, 0.717) is 19.6 Å². The molecule has 0 unspecified atom stereocenters. The highest BCUT2D eigenvalue weighted by Crippen LogP contribution is 2.32. The van der Waals surface area contributed by atoms with Gasteiger partial charge >= 0.3 is 6.03 Å². The monoisotopic (exact) mass is 379 g/mol. The summed E-state index contributed by atoms with van der Waals surface area (Å²) in [4.78, 5) is 26.6. The molecule has 8 heteroatoms. The molecule has 8 nitrogen and oxygen atoms in total. The number of nitrogens with zero attached hydrogens (tertiary/aromatic N) is 5. The summed E-state index contributed by atoms with van der Waals surface area (Å²) < 4.78 is 1.95. The average molecular weight is 379 g/mol. The lowest BCUT2D eigenvalue weighted by Gasteiger charge is -2.35. The van der Waals surface area contributed by atoms with Crippen molar-refractivity contribution >= 4 is 6.03 Å². The van der Waals surface area contributed by atoms with E-state index in [2.05, 4.69) is 39.2 Å². The summed E-state index contributed by atoms with van der Waals surface area (Å²) in [5.41, 5.74) is 6.37. The van der Waals surface area contributed by atoms with Crippen LogP contribution in [0.25, 0.3) is 0 Å². The fraction of sp³-hybridized carbons (Fsp3) is 0.400. The number of hydrogen-bond acceptors (Lipinski definition) is 4. The Morgan fingerprint density at radius 3 is 2.79 bits per heavy atom. The van der Waals surface area contributed by atoms with Gasteiger partial charge in [0.25, 0.3) is 0 Å². The van der Waals surface area contributed by atoms with Gasteiger partial charge in [-0.15, -0.1) is 0 Å². The predicted octanol–water partition coefficient (Wildman–Crippen LogP) is 2.28. The number of pyridine rings is 1. The molecule has 1 atom stereocenters. The number of carbonyl (C=O) groups excluding carboxylic acids is 1. The van der Waals surface area contributed by atoms with E-state index in [9.17, 15) is 4.79 Å². The van der Waals surface area contributed by atoms with Gasteiger partial charge in [-0.2, -0.15) is 5.10 Å². The van der Waals surface area contributed by atoms with Gasteiger partial charge in [-0.1, -0.05) is 0 Å². The molecule has 0 aromatic carbocycles. The molecule has 0 spiro atoms.